The Hall–Kier alpha value is -3.32. The van der Waals surface area contributed by atoms with Crippen molar-refractivity contribution in [2.45, 2.75) is 18.9 Å². The average Bonchev–Trinajstić information content (AvgIpc) is 3.07. The Kier molecular flexibility index (Phi) is 4.42. The van der Waals surface area contributed by atoms with Crippen LogP contribution >= 0.6 is 0 Å². The van der Waals surface area contributed by atoms with Crippen molar-refractivity contribution in [3.63, 3.8) is 0 Å². The monoisotopic (exact) mass is 362 g/mol. The Bertz CT molecular complexity index is 1050. The van der Waals surface area contributed by atoms with E-state index in [1.54, 1.807) is 0 Å². The summed E-state index contributed by atoms with van der Waals surface area (Å²) in [5, 5.41) is 0. The summed E-state index contributed by atoms with van der Waals surface area (Å²) >= 11 is 0. The zero-order valence-electron chi connectivity index (χ0n) is 15.7. The van der Waals surface area contributed by atoms with Crippen LogP contribution in [0.1, 0.15) is 28.2 Å². The molecule has 1 nitrogen and oxygen atoms in total. The van der Waals surface area contributed by atoms with E-state index in [-0.39, 0.29) is 0 Å². The van der Waals surface area contributed by atoms with Gasteiger partial charge in [0.2, 0.25) is 0 Å². The number of benzene rings is 4. The van der Waals surface area contributed by atoms with Gasteiger partial charge in [0.1, 0.15) is 12.4 Å². The van der Waals surface area contributed by atoms with Gasteiger partial charge in [-0.15, -0.1) is 0 Å². The van der Waals surface area contributed by atoms with Gasteiger partial charge in [-0.25, -0.2) is 0 Å². The number of hydrogen-bond acceptors (Lipinski definition) is 1. The minimum absolute atomic E-state index is 0.400. The molecule has 0 aromatic heterocycles. The second-order valence-electron chi connectivity index (χ2n) is 7.35. The van der Waals surface area contributed by atoms with E-state index >= 15 is 0 Å². The van der Waals surface area contributed by atoms with Gasteiger partial charge in [-0.05, 0) is 51.9 Å². The molecule has 4 aromatic rings. The van der Waals surface area contributed by atoms with Crippen molar-refractivity contribution in [1.29, 1.82) is 0 Å². The molecule has 0 unspecified atom stereocenters. The van der Waals surface area contributed by atoms with Crippen LogP contribution in [0.3, 0.4) is 0 Å². The van der Waals surface area contributed by atoms with Crippen LogP contribution in [-0.2, 0) is 13.0 Å². The van der Waals surface area contributed by atoms with Crippen molar-refractivity contribution in [3.05, 3.63) is 125 Å². The Labute approximate surface area is 166 Å². The molecular weight excluding hydrogens is 340 g/mol. The summed E-state index contributed by atoms with van der Waals surface area (Å²) in [7, 11) is 0. The summed E-state index contributed by atoms with van der Waals surface area (Å²) in [4.78, 5) is 0. The molecule has 28 heavy (non-hydrogen) atoms. The molecule has 136 valence electrons. The maximum absolute atomic E-state index is 6.04. The normalized spacial score (nSPS) is 12.4. The predicted molar refractivity (Wildman–Crippen MR) is 115 cm³/mol. The third-order valence-corrected chi connectivity index (χ3v) is 5.55. The van der Waals surface area contributed by atoms with E-state index in [0.29, 0.717) is 12.5 Å². The van der Waals surface area contributed by atoms with Crippen molar-refractivity contribution >= 4 is 0 Å². The fourth-order valence-corrected chi connectivity index (χ4v) is 4.22. The van der Waals surface area contributed by atoms with E-state index in [1.165, 1.54) is 33.4 Å². The molecule has 1 aliphatic rings. The molecule has 1 heteroatoms. The highest BCUT2D eigenvalue weighted by Crippen LogP contribution is 2.46. The molecule has 0 aliphatic heterocycles. The molecule has 0 N–H and O–H groups in total. The minimum atomic E-state index is 0.400. The van der Waals surface area contributed by atoms with E-state index in [4.69, 9.17) is 4.74 Å². The summed E-state index contributed by atoms with van der Waals surface area (Å²) < 4.78 is 6.04. The quantitative estimate of drug-likeness (QED) is 0.387. The van der Waals surface area contributed by atoms with Crippen LogP contribution in [0.4, 0.5) is 0 Å². The van der Waals surface area contributed by atoms with Gasteiger partial charge in [0, 0.05) is 5.92 Å². The Morgan fingerprint density at radius 2 is 1.18 bits per heavy atom. The molecule has 0 radical (unpaired) electrons. The average molecular weight is 362 g/mol. The van der Waals surface area contributed by atoms with Crippen LogP contribution in [0.2, 0.25) is 0 Å². The lowest BCUT2D eigenvalue weighted by Crippen LogP contribution is -2.02. The molecule has 0 bridgehead atoms. The van der Waals surface area contributed by atoms with Crippen LogP contribution in [0, 0.1) is 0 Å². The Morgan fingerprint density at radius 1 is 0.571 bits per heavy atom. The van der Waals surface area contributed by atoms with Crippen LogP contribution in [-0.4, -0.2) is 0 Å². The summed E-state index contributed by atoms with van der Waals surface area (Å²) in [5.74, 6) is 1.33. The Balaban J connectivity index is 1.39. The first-order chi connectivity index (χ1) is 13.9. The van der Waals surface area contributed by atoms with Crippen LogP contribution in [0.5, 0.6) is 5.75 Å². The highest BCUT2D eigenvalue weighted by molar-refractivity contribution is 5.78. The maximum Gasteiger partial charge on any atom is 0.120 e. The SMILES string of the molecule is c1ccc(COc2cccc(CC3c4ccccc4-c4ccccc43)c2)cc1. The lowest BCUT2D eigenvalue weighted by molar-refractivity contribution is 0.306. The van der Waals surface area contributed by atoms with Crippen LogP contribution in [0.15, 0.2) is 103 Å². The van der Waals surface area contributed by atoms with Gasteiger partial charge in [0.15, 0.2) is 0 Å². The molecule has 0 spiro atoms. The Morgan fingerprint density at radius 3 is 1.89 bits per heavy atom. The largest absolute Gasteiger partial charge is 0.489 e. The smallest absolute Gasteiger partial charge is 0.120 e. The van der Waals surface area contributed by atoms with Crippen LogP contribution in [0.25, 0.3) is 11.1 Å². The summed E-state index contributed by atoms with van der Waals surface area (Å²) in [6.45, 7) is 0.597. The van der Waals surface area contributed by atoms with E-state index in [2.05, 4.69) is 78.9 Å². The van der Waals surface area contributed by atoms with E-state index < -0.39 is 0 Å². The summed E-state index contributed by atoms with van der Waals surface area (Å²) in [6.07, 6.45) is 0.983. The third kappa shape index (κ3) is 3.20. The molecular formula is C27H22O. The molecule has 4 aromatic carbocycles. The first-order valence-corrected chi connectivity index (χ1v) is 9.82. The predicted octanol–water partition coefficient (Wildman–Crippen LogP) is 6.62. The van der Waals surface area contributed by atoms with Crippen molar-refractivity contribution in [1.82, 2.24) is 0 Å². The fourth-order valence-electron chi connectivity index (χ4n) is 4.22. The number of fused-ring (bicyclic) bond motifs is 3. The summed E-state index contributed by atoms with van der Waals surface area (Å²) in [6, 6.07) is 36.5. The molecule has 0 amide bonds. The standard InChI is InChI=1S/C27H22O/c1-2-9-20(10-3-1)19-28-22-12-8-11-21(17-22)18-27-25-15-6-4-13-23(25)24-14-5-7-16-26(24)27/h1-17,27H,18-19H2. The minimum Gasteiger partial charge on any atom is -0.489 e. The molecule has 1 aliphatic carbocycles. The third-order valence-electron chi connectivity index (χ3n) is 5.55. The van der Waals surface area contributed by atoms with Crippen molar-refractivity contribution < 1.29 is 4.74 Å². The first kappa shape index (κ1) is 16.8. The number of ether oxygens (including phenoxy) is 1. The van der Waals surface area contributed by atoms with E-state index in [1.807, 2.05) is 24.3 Å². The zero-order valence-corrected chi connectivity index (χ0v) is 15.7. The van der Waals surface area contributed by atoms with Crippen molar-refractivity contribution in [2.75, 3.05) is 0 Å². The lowest BCUT2D eigenvalue weighted by Gasteiger charge is -2.15. The number of rotatable bonds is 5. The highest BCUT2D eigenvalue weighted by Gasteiger charge is 2.27. The molecule has 0 heterocycles. The van der Waals surface area contributed by atoms with Gasteiger partial charge in [0.05, 0.1) is 0 Å². The molecule has 0 fully saturated rings. The fraction of sp³-hybridized carbons (Fsp3) is 0.111. The van der Waals surface area contributed by atoms with Crippen molar-refractivity contribution in [2.24, 2.45) is 0 Å². The van der Waals surface area contributed by atoms with Crippen LogP contribution < -0.4 is 4.74 Å². The molecule has 5 rings (SSSR count). The highest BCUT2D eigenvalue weighted by atomic mass is 16.5. The molecule has 0 atom stereocenters. The second kappa shape index (κ2) is 7.36. The lowest BCUT2D eigenvalue weighted by atomic mass is 9.90. The maximum atomic E-state index is 6.04. The molecule has 0 saturated carbocycles. The molecule has 0 saturated heterocycles. The van der Waals surface area contributed by atoms with Gasteiger partial charge in [-0.3, -0.25) is 0 Å². The van der Waals surface area contributed by atoms with Gasteiger partial charge in [-0.1, -0.05) is 91.0 Å². The van der Waals surface area contributed by atoms with E-state index in [0.717, 1.165) is 12.2 Å². The van der Waals surface area contributed by atoms with Gasteiger partial charge in [0.25, 0.3) is 0 Å². The van der Waals surface area contributed by atoms with Crippen molar-refractivity contribution in [3.8, 4) is 16.9 Å². The zero-order chi connectivity index (χ0) is 18.8. The van der Waals surface area contributed by atoms with Gasteiger partial charge < -0.3 is 4.74 Å². The van der Waals surface area contributed by atoms with Gasteiger partial charge >= 0.3 is 0 Å². The topological polar surface area (TPSA) is 9.23 Å². The first-order valence-electron chi connectivity index (χ1n) is 9.82. The van der Waals surface area contributed by atoms with Gasteiger partial charge in [-0.2, -0.15) is 0 Å². The second-order valence-corrected chi connectivity index (χ2v) is 7.35. The van der Waals surface area contributed by atoms with E-state index in [9.17, 15) is 0 Å². The number of hydrogen-bond donors (Lipinski definition) is 0. The summed E-state index contributed by atoms with van der Waals surface area (Å²) in [5.41, 5.74) is 8.10.